The molecule has 1 unspecified atom stereocenters. The summed E-state index contributed by atoms with van der Waals surface area (Å²) >= 11 is 0. The number of likely N-dealkylation sites (N-methyl/N-ethyl adjacent to an activating group) is 1. The SMILES string of the molecule is CN(Cc1ccncc1)CC(N)C(C)(C)C. The van der Waals surface area contributed by atoms with Crippen molar-refractivity contribution in [2.75, 3.05) is 13.6 Å². The highest BCUT2D eigenvalue weighted by molar-refractivity contribution is 5.09. The van der Waals surface area contributed by atoms with E-state index >= 15 is 0 Å². The highest BCUT2D eigenvalue weighted by atomic mass is 15.1. The van der Waals surface area contributed by atoms with E-state index in [1.165, 1.54) is 5.56 Å². The van der Waals surface area contributed by atoms with Gasteiger partial charge in [0.15, 0.2) is 0 Å². The predicted molar refractivity (Wildman–Crippen MR) is 68.0 cm³/mol. The molecule has 0 aliphatic rings. The summed E-state index contributed by atoms with van der Waals surface area (Å²) in [4.78, 5) is 6.26. The number of nitrogens with two attached hydrogens (primary N) is 1. The minimum Gasteiger partial charge on any atom is -0.326 e. The van der Waals surface area contributed by atoms with E-state index in [1.807, 2.05) is 24.5 Å². The first-order chi connectivity index (χ1) is 7.39. The van der Waals surface area contributed by atoms with Crippen molar-refractivity contribution >= 4 is 0 Å². The molecule has 0 aliphatic heterocycles. The van der Waals surface area contributed by atoms with Crippen molar-refractivity contribution in [3.05, 3.63) is 30.1 Å². The van der Waals surface area contributed by atoms with Gasteiger partial charge in [-0.25, -0.2) is 0 Å². The molecule has 1 atom stereocenters. The second-order valence-electron chi connectivity index (χ2n) is 5.52. The highest BCUT2D eigenvalue weighted by Crippen LogP contribution is 2.18. The molecule has 1 heterocycles. The zero-order valence-electron chi connectivity index (χ0n) is 10.8. The van der Waals surface area contributed by atoms with Gasteiger partial charge in [0.1, 0.15) is 0 Å². The molecular formula is C13H23N3. The molecule has 16 heavy (non-hydrogen) atoms. The van der Waals surface area contributed by atoms with Crippen LogP contribution in [0.25, 0.3) is 0 Å². The number of rotatable bonds is 4. The fraction of sp³-hybridized carbons (Fsp3) is 0.615. The van der Waals surface area contributed by atoms with Crippen LogP contribution in [-0.4, -0.2) is 29.5 Å². The van der Waals surface area contributed by atoms with Crippen LogP contribution in [0.4, 0.5) is 0 Å². The maximum Gasteiger partial charge on any atom is 0.0271 e. The fourth-order valence-corrected chi connectivity index (χ4v) is 1.47. The molecule has 0 bridgehead atoms. The normalized spacial score (nSPS) is 14.1. The maximum atomic E-state index is 6.15. The van der Waals surface area contributed by atoms with Crippen molar-refractivity contribution in [1.82, 2.24) is 9.88 Å². The molecule has 1 aromatic rings. The van der Waals surface area contributed by atoms with Gasteiger partial charge in [0.05, 0.1) is 0 Å². The molecule has 0 aliphatic carbocycles. The van der Waals surface area contributed by atoms with Gasteiger partial charge in [0, 0.05) is 31.5 Å². The summed E-state index contributed by atoms with van der Waals surface area (Å²) in [6.45, 7) is 8.37. The number of aromatic nitrogens is 1. The van der Waals surface area contributed by atoms with E-state index in [0.29, 0.717) is 0 Å². The maximum absolute atomic E-state index is 6.15. The van der Waals surface area contributed by atoms with Gasteiger partial charge in [-0.2, -0.15) is 0 Å². The van der Waals surface area contributed by atoms with Gasteiger partial charge in [0.25, 0.3) is 0 Å². The van der Waals surface area contributed by atoms with E-state index in [1.54, 1.807) is 0 Å². The van der Waals surface area contributed by atoms with Crippen LogP contribution in [0.2, 0.25) is 0 Å². The Morgan fingerprint density at radius 2 is 1.88 bits per heavy atom. The molecule has 0 saturated carbocycles. The molecular weight excluding hydrogens is 198 g/mol. The van der Waals surface area contributed by atoms with Gasteiger partial charge in [-0.1, -0.05) is 20.8 Å². The second-order valence-corrected chi connectivity index (χ2v) is 5.52. The van der Waals surface area contributed by atoms with Gasteiger partial charge in [-0.15, -0.1) is 0 Å². The molecule has 3 heteroatoms. The second kappa shape index (κ2) is 5.41. The average Bonchev–Trinajstić information content (AvgIpc) is 2.17. The van der Waals surface area contributed by atoms with Gasteiger partial charge < -0.3 is 10.6 Å². The van der Waals surface area contributed by atoms with Gasteiger partial charge >= 0.3 is 0 Å². The third kappa shape index (κ3) is 4.29. The van der Waals surface area contributed by atoms with Crippen LogP contribution in [-0.2, 0) is 6.54 Å². The summed E-state index contributed by atoms with van der Waals surface area (Å²) in [6, 6.07) is 4.28. The zero-order chi connectivity index (χ0) is 12.2. The molecule has 0 radical (unpaired) electrons. The lowest BCUT2D eigenvalue weighted by Gasteiger charge is -2.31. The molecule has 0 fully saturated rings. The van der Waals surface area contributed by atoms with Crippen molar-refractivity contribution in [1.29, 1.82) is 0 Å². The van der Waals surface area contributed by atoms with Crippen molar-refractivity contribution in [3.8, 4) is 0 Å². The summed E-state index contributed by atoms with van der Waals surface area (Å²) in [6.07, 6.45) is 3.65. The van der Waals surface area contributed by atoms with E-state index in [4.69, 9.17) is 5.73 Å². The van der Waals surface area contributed by atoms with E-state index in [-0.39, 0.29) is 11.5 Å². The van der Waals surface area contributed by atoms with E-state index in [2.05, 4.69) is 37.7 Å². The Kier molecular flexibility index (Phi) is 4.44. The number of hydrogen-bond donors (Lipinski definition) is 1. The first kappa shape index (κ1) is 13.1. The van der Waals surface area contributed by atoms with Crippen LogP contribution < -0.4 is 5.73 Å². The van der Waals surface area contributed by atoms with Crippen LogP contribution in [0.1, 0.15) is 26.3 Å². The standard InChI is InChI=1S/C13H23N3/c1-13(2,3)12(14)10-16(4)9-11-5-7-15-8-6-11/h5-8,12H,9-10,14H2,1-4H3. The zero-order valence-corrected chi connectivity index (χ0v) is 10.8. The lowest BCUT2D eigenvalue weighted by molar-refractivity contribution is 0.222. The Bertz CT molecular complexity index is 303. The van der Waals surface area contributed by atoms with Crippen LogP contribution in [0.3, 0.4) is 0 Å². The largest absolute Gasteiger partial charge is 0.326 e. The monoisotopic (exact) mass is 221 g/mol. The Balaban J connectivity index is 2.45. The van der Waals surface area contributed by atoms with Gasteiger partial charge in [-0.05, 0) is 30.2 Å². The lowest BCUT2D eigenvalue weighted by Crippen LogP contribution is -2.43. The molecule has 1 aromatic heterocycles. The minimum atomic E-state index is 0.159. The Hall–Kier alpha value is -0.930. The Morgan fingerprint density at radius 3 is 2.38 bits per heavy atom. The van der Waals surface area contributed by atoms with Crippen molar-refractivity contribution in [2.45, 2.75) is 33.4 Å². The lowest BCUT2D eigenvalue weighted by atomic mass is 9.87. The number of hydrogen-bond acceptors (Lipinski definition) is 3. The number of nitrogens with zero attached hydrogens (tertiary/aromatic N) is 2. The minimum absolute atomic E-state index is 0.159. The molecule has 0 saturated heterocycles. The molecule has 0 aromatic carbocycles. The van der Waals surface area contributed by atoms with Crippen LogP contribution in [0.5, 0.6) is 0 Å². The molecule has 0 spiro atoms. The third-order valence-corrected chi connectivity index (χ3v) is 2.82. The molecule has 0 amide bonds. The molecule has 2 N–H and O–H groups in total. The summed E-state index contributed by atoms with van der Waals surface area (Å²) in [5, 5.41) is 0. The highest BCUT2D eigenvalue weighted by Gasteiger charge is 2.21. The Labute approximate surface area is 98.7 Å². The van der Waals surface area contributed by atoms with Crippen molar-refractivity contribution in [3.63, 3.8) is 0 Å². The van der Waals surface area contributed by atoms with Crippen LogP contribution in [0, 0.1) is 5.41 Å². The molecule has 3 nitrogen and oxygen atoms in total. The van der Waals surface area contributed by atoms with Gasteiger partial charge in [0.2, 0.25) is 0 Å². The smallest absolute Gasteiger partial charge is 0.0271 e. The summed E-state index contributed by atoms with van der Waals surface area (Å²) in [5.41, 5.74) is 7.59. The van der Waals surface area contributed by atoms with Gasteiger partial charge in [-0.3, -0.25) is 4.98 Å². The van der Waals surface area contributed by atoms with E-state index in [9.17, 15) is 0 Å². The molecule has 1 rings (SSSR count). The summed E-state index contributed by atoms with van der Waals surface area (Å²) in [7, 11) is 2.10. The van der Waals surface area contributed by atoms with E-state index < -0.39 is 0 Å². The topological polar surface area (TPSA) is 42.2 Å². The van der Waals surface area contributed by atoms with Crippen LogP contribution in [0.15, 0.2) is 24.5 Å². The summed E-state index contributed by atoms with van der Waals surface area (Å²) < 4.78 is 0. The van der Waals surface area contributed by atoms with Crippen LogP contribution >= 0.6 is 0 Å². The first-order valence-electron chi connectivity index (χ1n) is 5.72. The summed E-state index contributed by atoms with van der Waals surface area (Å²) in [5.74, 6) is 0. The van der Waals surface area contributed by atoms with E-state index in [0.717, 1.165) is 13.1 Å². The van der Waals surface area contributed by atoms with Crippen molar-refractivity contribution < 1.29 is 0 Å². The Morgan fingerprint density at radius 1 is 1.31 bits per heavy atom. The van der Waals surface area contributed by atoms with Crippen molar-refractivity contribution in [2.24, 2.45) is 11.1 Å². The predicted octanol–water partition coefficient (Wildman–Crippen LogP) is 1.89. The molecule has 90 valence electrons. The fourth-order valence-electron chi connectivity index (χ4n) is 1.47. The first-order valence-corrected chi connectivity index (χ1v) is 5.72. The third-order valence-electron chi connectivity index (χ3n) is 2.82. The number of pyridine rings is 1. The quantitative estimate of drug-likeness (QED) is 0.844. The average molecular weight is 221 g/mol.